The van der Waals surface area contributed by atoms with Crippen molar-refractivity contribution in [1.82, 2.24) is 0 Å². The van der Waals surface area contributed by atoms with Crippen molar-refractivity contribution in [1.29, 1.82) is 0 Å². The lowest BCUT2D eigenvalue weighted by Gasteiger charge is -2.04. The van der Waals surface area contributed by atoms with E-state index in [1.165, 1.54) is 131 Å². The van der Waals surface area contributed by atoms with Crippen molar-refractivity contribution < 1.29 is 0 Å². The maximum Gasteiger partial charge on any atom is 0.0542 e. The van der Waals surface area contributed by atoms with E-state index in [-0.39, 0.29) is 0 Å². The number of thiophene rings is 2. The molecule has 0 fully saturated rings. The molecule has 0 radical (unpaired) electrons. The number of fused-ring (bicyclic) bond motifs is 5. The number of rotatable bonds is 15. The smallest absolute Gasteiger partial charge is 0.0542 e. The molecule has 4 rings (SSSR count). The lowest BCUT2D eigenvalue weighted by atomic mass is 10.0. The second kappa shape index (κ2) is 12.8. The Bertz CT molecular complexity index is 1080. The van der Waals surface area contributed by atoms with E-state index in [0.717, 1.165) is 0 Å². The Morgan fingerprint density at radius 1 is 0.531 bits per heavy atom. The summed E-state index contributed by atoms with van der Waals surface area (Å²) in [5.74, 6) is 0. The molecule has 0 saturated heterocycles. The van der Waals surface area contributed by atoms with Crippen molar-refractivity contribution >= 4 is 52.2 Å². The van der Waals surface area contributed by atoms with Crippen LogP contribution in [0.5, 0.6) is 0 Å². The van der Waals surface area contributed by atoms with Crippen molar-refractivity contribution in [3.05, 3.63) is 48.0 Å². The van der Waals surface area contributed by atoms with E-state index in [4.69, 9.17) is 0 Å². The van der Waals surface area contributed by atoms with Crippen molar-refractivity contribution in [3.8, 4) is 0 Å². The highest BCUT2D eigenvalue weighted by Gasteiger charge is 2.11. The van der Waals surface area contributed by atoms with Crippen molar-refractivity contribution in [3.63, 3.8) is 0 Å². The number of hydrogen-bond acceptors (Lipinski definition) is 2. The molecule has 0 spiro atoms. The zero-order chi connectivity index (χ0) is 22.0. The summed E-state index contributed by atoms with van der Waals surface area (Å²) < 4.78 is 5.85. The largest absolute Gasteiger partial charge is 0.134 e. The molecule has 0 aliphatic rings. The predicted molar refractivity (Wildman–Crippen MR) is 149 cm³/mol. The van der Waals surface area contributed by atoms with Crippen LogP contribution in [0.3, 0.4) is 0 Å². The third-order valence-corrected chi connectivity index (χ3v) is 9.39. The quantitative estimate of drug-likeness (QED) is 0.153. The number of unbranched alkanes of at least 4 members (excludes halogenated alkanes) is 13. The molecule has 2 heterocycles. The van der Waals surface area contributed by atoms with E-state index in [1.807, 2.05) is 22.7 Å². The average Bonchev–Trinajstić information content (AvgIpc) is 3.35. The Hall–Kier alpha value is -1.38. The van der Waals surface area contributed by atoms with Gasteiger partial charge in [0.15, 0.2) is 0 Å². The molecule has 0 atom stereocenters. The molecule has 2 heteroatoms. The summed E-state index contributed by atoms with van der Waals surface area (Å²) in [6, 6.07) is 16.1. The monoisotopic (exact) mass is 464 g/mol. The van der Waals surface area contributed by atoms with E-state index >= 15 is 0 Å². The van der Waals surface area contributed by atoms with Gasteiger partial charge in [-0.15, -0.1) is 22.7 Å². The Kier molecular flexibility index (Phi) is 9.47. The number of benzene rings is 2. The molecule has 0 saturated carbocycles. The van der Waals surface area contributed by atoms with E-state index < -0.39 is 0 Å². The topological polar surface area (TPSA) is 0 Å². The highest BCUT2D eigenvalue weighted by atomic mass is 32.1. The first-order valence-electron chi connectivity index (χ1n) is 13.2. The van der Waals surface area contributed by atoms with Crippen LogP contribution in [0, 0.1) is 0 Å². The summed E-state index contributed by atoms with van der Waals surface area (Å²) in [4.78, 5) is 0. The first-order chi connectivity index (χ1) is 15.9. The fraction of sp³-hybridized carbons (Fsp3) is 0.533. The van der Waals surface area contributed by atoms with Gasteiger partial charge in [-0.3, -0.25) is 0 Å². The minimum atomic E-state index is 1.24. The van der Waals surface area contributed by atoms with Gasteiger partial charge in [-0.2, -0.15) is 0 Å². The standard InChI is InChI=1S/C30H40S2/c1-2-3-4-5-6-7-8-9-10-11-12-13-14-15-18-24-21-22-26-28(23-24)32-29-25-19-16-17-20-27(25)31-30(26)29/h16-17,19-23H,2-15,18H2,1H3. The first kappa shape index (κ1) is 23.8. The van der Waals surface area contributed by atoms with E-state index in [1.54, 1.807) is 0 Å². The van der Waals surface area contributed by atoms with Gasteiger partial charge in [0.25, 0.3) is 0 Å². The molecule has 0 unspecified atom stereocenters. The third kappa shape index (κ3) is 6.35. The zero-order valence-corrected chi connectivity index (χ0v) is 21.6. The Balaban J connectivity index is 1.11. The molecule has 2 aromatic heterocycles. The van der Waals surface area contributed by atoms with Crippen LogP contribution in [-0.2, 0) is 6.42 Å². The normalized spacial score (nSPS) is 11.9. The van der Waals surface area contributed by atoms with Gasteiger partial charge >= 0.3 is 0 Å². The summed E-state index contributed by atoms with van der Waals surface area (Å²) in [5, 5.41) is 2.89. The molecule has 0 nitrogen and oxygen atoms in total. The molecule has 0 aliphatic carbocycles. The van der Waals surface area contributed by atoms with Crippen molar-refractivity contribution in [2.45, 2.75) is 103 Å². The second-order valence-corrected chi connectivity index (χ2v) is 11.6. The van der Waals surface area contributed by atoms with Gasteiger partial charge in [0.05, 0.1) is 9.40 Å². The van der Waals surface area contributed by atoms with Gasteiger partial charge in [-0.05, 0) is 30.5 Å². The van der Waals surface area contributed by atoms with Gasteiger partial charge in [-0.1, -0.05) is 121 Å². The first-order valence-corrected chi connectivity index (χ1v) is 14.8. The Labute approximate surface area is 203 Å². The summed E-state index contributed by atoms with van der Waals surface area (Å²) in [5.41, 5.74) is 1.52. The molecule has 0 N–H and O–H groups in total. The van der Waals surface area contributed by atoms with Crippen LogP contribution in [0.2, 0.25) is 0 Å². The van der Waals surface area contributed by atoms with E-state index in [9.17, 15) is 0 Å². The van der Waals surface area contributed by atoms with Crippen LogP contribution >= 0.6 is 22.7 Å². The van der Waals surface area contributed by atoms with Crippen molar-refractivity contribution in [2.24, 2.45) is 0 Å². The minimum Gasteiger partial charge on any atom is -0.134 e. The highest BCUT2D eigenvalue weighted by molar-refractivity contribution is 7.36. The second-order valence-electron chi connectivity index (χ2n) is 9.54. The SMILES string of the molecule is CCCCCCCCCCCCCCCCc1ccc2c(c1)sc1c3ccccc3sc21. The lowest BCUT2D eigenvalue weighted by molar-refractivity contribution is 0.535. The summed E-state index contributed by atoms with van der Waals surface area (Å²) >= 11 is 3.94. The molecule has 2 aromatic carbocycles. The summed E-state index contributed by atoms with van der Waals surface area (Å²) in [6.07, 6.45) is 21.3. The molecule has 4 aromatic rings. The maximum absolute atomic E-state index is 2.46. The third-order valence-electron chi connectivity index (χ3n) is 6.87. The summed E-state index contributed by atoms with van der Waals surface area (Å²) in [7, 11) is 0. The number of hydrogen-bond donors (Lipinski definition) is 0. The van der Waals surface area contributed by atoms with Gasteiger partial charge in [0.1, 0.15) is 0 Å². The van der Waals surface area contributed by atoms with Gasteiger partial charge in [-0.25, -0.2) is 0 Å². The molecule has 32 heavy (non-hydrogen) atoms. The van der Waals surface area contributed by atoms with Crippen LogP contribution in [0.15, 0.2) is 42.5 Å². The van der Waals surface area contributed by atoms with E-state index in [2.05, 4.69) is 49.4 Å². The fourth-order valence-corrected chi connectivity index (χ4v) is 7.65. The van der Waals surface area contributed by atoms with Gasteiger partial charge in [0.2, 0.25) is 0 Å². The predicted octanol–water partition coefficient (Wildman–Crippen LogP) is 11.3. The Morgan fingerprint density at radius 2 is 1.06 bits per heavy atom. The van der Waals surface area contributed by atoms with Gasteiger partial charge < -0.3 is 0 Å². The molecular formula is C30H40S2. The molecule has 0 amide bonds. The maximum atomic E-state index is 2.46. The van der Waals surface area contributed by atoms with Gasteiger partial charge in [0, 0.05) is 20.2 Å². The number of aryl methyl sites for hydroxylation is 1. The molecule has 172 valence electrons. The molecular weight excluding hydrogens is 424 g/mol. The van der Waals surface area contributed by atoms with Crippen LogP contribution in [0.1, 0.15) is 102 Å². The Morgan fingerprint density at radius 3 is 1.72 bits per heavy atom. The van der Waals surface area contributed by atoms with E-state index in [0.29, 0.717) is 0 Å². The lowest BCUT2D eigenvalue weighted by Crippen LogP contribution is -1.86. The highest BCUT2D eigenvalue weighted by Crippen LogP contribution is 2.44. The minimum absolute atomic E-state index is 1.24. The van der Waals surface area contributed by atoms with Crippen molar-refractivity contribution in [2.75, 3.05) is 0 Å². The average molecular weight is 465 g/mol. The summed E-state index contributed by atoms with van der Waals surface area (Å²) in [6.45, 7) is 2.30. The van der Waals surface area contributed by atoms with Crippen LogP contribution in [-0.4, -0.2) is 0 Å². The molecule has 0 bridgehead atoms. The van der Waals surface area contributed by atoms with Crippen LogP contribution < -0.4 is 0 Å². The van der Waals surface area contributed by atoms with Crippen LogP contribution in [0.25, 0.3) is 29.6 Å². The fourth-order valence-electron chi connectivity index (χ4n) is 4.93. The zero-order valence-electron chi connectivity index (χ0n) is 20.0. The molecule has 0 aliphatic heterocycles. The van der Waals surface area contributed by atoms with Crippen LogP contribution in [0.4, 0.5) is 0 Å².